The van der Waals surface area contributed by atoms with Gasteiger partial charge in [0.25, 0.3) is 0 Å². The predicted molar refractivity (Wildman–Crippen MR) is 118 cm³/mol. The monoisotopic (exact) mass is 470 g/mol. The number of hydrogen-bond acceptors (Lipinski definition) is 5. The molecule has 0 aromatic heterocycles. The number of nitrogens with one attached hydrogen (secondary N) is 1. The van der Waals surface area contributed by atoms with Crippen LogP contribution in [0, 0.1) is 0 Å². The molecule has 4 amide bonds. The van der Waals surface area contributed by atoms with Crippen molar-refractivity contribution >= 4 is 45.0 Å². The standard InChI is InChI=1S/C20H27ClN4O5S/c1-15-19(27)24(7-3-6-18(26)23-10-12-31(29,30)13-11-23)8-9-25(15)20(28)22-17-5-2-4-16(21)14-17/h2,4-5,14-15H,3,6-13H2,1H3,(H,22,28)/t15-/m0/s1. The highest BCUT2D eigenvalue weighted by molar-refractivity contribution is 7.91. The lowest BCUT2D eigenvalue weighted by Crippen LogP contribution is -2.58. The Morgan fingerprint density at radius 3 is 2.55 bits per heavy atom. The van der Waals surface area contributed by atoms with Crippen molar-refractivity contribution in [3.05, 3.63) is 29.3 Å². The molecule has 31 heavy (non-hydrogen) atoms. The molecule has 0 radical (unpaired) electrons. The summed E-state index contributed by atoms with van der Waals surface area (Å²) in [5, 5.41) is 3.26. The first-order valence-corrected chi connectivity index (χ1v) is 12.5. The Labute approximate surface area is 187 Å². The van der Waals surface area contributed by atoms with Crippen LogP contribution in [-0.2, 0) is 19.4 Å². The summed E-state index contributed by atoms with van der Waals surface area (Å²) in [7, 11) is -3.03. The van der Waals surface area contributed by atoms with Gasteiger partial charge in [-0.3, -0.25) is 9.59 Å². The molecular weight excluding hydrogens is 444 g/mol. The maximum absolute atomic E-state index is 12.7. The molecule has 170 valence electrons. The molecule has 2 heterocycles. The lowest BCUT2D eigenvalue weighted by molar-refractivity contribution is -0.140. The van der Waals surface area contributed by atoms with E-state index in [4.69, 9.17) is 11.6 Å². The van der Waals surface area contributed by atoms with Gasteiger partial charge in [-0.1, -0.05) is 17.7 Å². The molecule has 1 aromatic carbocycles. The molecule has 1 atom stereocenters. The average molecular weight is 471 g/mol. The molecule has 9 nitrogen and oxygen atoms in total. The fourth-order valence-electron chi connectivity index (χ4n) is 3.73. The van der Waals surface area contributed by atoms with Gasteiger partial charge in [-0.2, -0.15) is 0 Å². The fraction of sp³-hybridized carbons (Fsp3) is 0.550. The number of anilines is 1. The summed E-state index contributed by atoms with van der Waals surface area (Å²) in [6.45, 7) is 3.35. The van der Waals surface area contributed by atoms with Crippen LogP contribution < -0.4 is 5.32 Å². The zero-order valence-electron chi connectivity index (χ0n) is 17.4. The number of carbonyl (C=O) groups excluding carboxylic acids is 3. The van der Waals surface area contributed by atoms with Crippen LogP contribution in [0.2, 0.25) is 5.02 Å². The number of sulfone groups is 1. The second-order valence-corrected chi connectivity index (χ2v) is 10.5. The van der Waals surface area contributed by atoms with Crippen LogP contribution >= 0.6 is 11.6 Å². The van der Waals surface area contributed by atoms with Crippen LogP contribution in [0.15, 0.2) is 24.3 Å². The second-order valence-electron chi connectivity index (χ2n) is 7.77. The molecule has 0 bridgehead atoms. The molecule has 0 spiro atoms. The largest absolute Gasteiger partial charge is 0.341 e. The van der Waals surface area contributed by atoms with E-state index in [1.54, 1.807) is 41.0 Å². The maximum Gasteiger partial charge on any atom is 0.322 e. The number of benzene rings is 1. The van der Waals surface area contributed by atoms with E-state index in [0.717, 1.165) is 0 Å². The summed E-state index contributed by atoms with van der Waals surface area (Å²) in [6, 6.07) is 5.82. The molecular formula is C20H27ClN4O5S. The van der Waals surface area contributed by atoms with Crippen molar-refractivity contribution in [2.45, 2.75) is 25.8 Å². The van der Waals surface area contributed by atoms with Gasteiger partial charge in [-0.25, -0.2) is 13.2 Å². The summed E-state index contributed by atoms with van der Waals surface area (Å²) < 4.78 is 23.0. The molecule has 2 aliphatic rings. The number of halogens is 1. The maximum atomic E-state index is 12.7. The quantitative estimate of drug-likeness (QED) is 0.700. The van der Waals surface area contributed by atoms with Crippen LogP contribution in [0.25, 0.3) is 0 Å². The van der Waals surface area contributed by atoms with Gasteiger partial charge in [-0.05, 0) is 31.5 Å². The van der Waals surface area contributed by atoms with Crippen LogP contribution in [0.3, 0.4) is 0 Å². The van der Waals surface area contributed by atoms with E-state index in [2.05, 4.69) is 5.32 Å². The number of carbonyl (C=O) groups is 3. The molecule has 0 aliphatic carbocycles. The van der Waals surface area contributed by atoms with Crippen molar-refractivity contribution in [2.24, 2.45) is 0 Å². The first kappa shape index (κ1) is 23.3. The van der Waals surface area contributed by atoms with Gasteiger partial charge in [0, 0.05) is 49.9 Å². The summed E-state index contributed by atoms with van der Waals surface area (Å²) in [5.74, 6) is -0.235. The second kappa shape index (κ2) is 9.86. The normalized spacial score (nSPS) is 21.2. The van der Waals surface area contributed by atoms with Crippen molar-refractivity contribution in [1.29, 1.82) is 0 Å². The Hall–Kier alpha value is -2.33. The van der Waals surface area contributed by atoms with Crippen molar-refractivity contribution in [1.82, 2.24) is 14.7 Å². The van der Waals surface area contributed by atoms with E-state index < -0.39 is 15.9 Å². The Balaban J connectivity index is 1.45. The Morgan fingerprint density at radius 1 is 1.16 bits per heavy atom. The van der Waals surface area contributed by atoms with Gasteiger partial charge < -0.3 is 20.0 Å². The van der Waals surface area contributed by atoms with E-state index in [-0.39, 0.29) is 48.9 Å². The summed E-state index contributed by atoms with van der Waals surface area (Å²) in [5.41, 5.74) is 0.559. The van der Waals surface area contributed by atoms with Gasteiger partial charge in [0.2, 0.25) is 11.8 Å². The first-order valence-electron chi connectivity index (χ1n) is 10.3. The van der Waals surface area contributed by atoms with Crippen LogP contribution in [-0.4, -0.2) is 91.2 Å². The number of hydrogen-bond donors (Lipinski definition) is 1. The molecule has 2 saturated heterocycles. The van der Waals surface area contributed by atoms with Crippen molar-refractivity contribution < 1.29 is 22.8 Å². The smallest absolute Gasteiger partial charge is 0.322 e. The topological polar surface area (TPSA) is 107 Å². The third-order valence-corrected chi connectivity index (χ3v) is 7.44. The van der Waals surface area contributed by atoms with Gasteiger partial charge in [0.05, 0.1) is 11.5 Å². The highest BCUT2D eigenvalue weighted by Crippen LogP contribution is 2.18. The van der Waals surface area contributed by atoms with Crippen LogP contribution in [0.1, 0.15) is 19.8 Å². The molecule has 1 aromatic rings. The highest BCUT2D eigenvalue weighted by atomic mass is 35.5. The number of piperazine rings is 1. The van der Waals surface area contributed by atoms with E-state index in [9.17, 15) is 22.8 Å². The fourth-order valence-corrected chi connectivity index (χ4v) is 5.12. The highest BCUT2D eigenvalue weighted by Gasteiger charge is 2.34. The minimum absolute atomic E-state index is 0.00789. The molecule has 11 heteroatoms. The van der Waals surface area contributed by atoms with Crippen LogP contribution in [0.4, 0.5) is 10.5 Å². The molecule has 0 unspecified atom stereocenters. The zero-order chi connectivity index (χ0) is 22.6. The Kier molecular flexibility index (Phi) is 7.42. The van der Waals surface area contributed by atoms with Gasteiger partial charge in [0.1, 0.15) is 6.04 Å². The molecule has 3 rings (SSSR count). The number of amides is 4. The van der Waals surface area contributed by atoms with E-state index >= 15 is 0 Å². The Bertz CT molecular complexity index is 941. The first-order chi connectivity index (χ1) is 14.7. The minimum Gasteiger partial charge on any atom is -0.341 e. The molecule has 1 N–H and O–H groups in total. The van der Waals surface area contributed by atoms with Gasteiger partial charge in [-0.15, -0.1) is 0 Å². The summed E-state index contributed by atoms with van der Waals surface area (Å²) >= 11 is 5.94. The van der Waals surface area contributed by atoms with Crippen molar-refractivity contribution in [3.63, 3.8) is 0 Å². The van der Waals surface area contributed by atoms with E-state index in [1.165, 1.54) is 4.90 Å². The molecule has 2 aliphatic heterocycles. The predicted octanol–water partition coefficient (Wildman–Crippen LogP) is 1.44. The third kappa shape index (κ3) is 6.10. The van der Waals surface area contributed by atoms with Crippen LogP contribution in [0.5, 0.6) is 0 Å². The lowest BCUT2D eigenvalue weighted by atomic mass is 10.1. The molecule has 2 fully saturated rings. The van der Waals surface area contributed by atoms with Gasteiger partial charge >= 0.3 is 6.03 Å². The average Bonchev–Trinajstić information content (AvgIpc) is 2.71. The minimum atomic E-state index is -3.03. The van der Waals surface area contributed by atoms with Gasteiger partial charge in [0.15, 0.2) is 9.84 Å². The van der Waals surface area contributed by atoms with E-state index in [1.807, 2.05) is 0 Å². The summed E-state index contributed by atoms with van der Waals surface area (Å²) in [6.07, 6.45) is 0.756. The van der Waals surface area contributed by atoms with Crippen molar-refractivity contribution in [3.8, 4) is 0 Å². The summed E-state index contributed by atoms with van der Waals surface area (Å²) in [4.78, 5) is 42.3. The third-order valence-electron chi connectivity index (χ3n) is 5.60. The zero-order valence-corrected chi connectivity index (χ0v) is 19.0. The Morgan fingerprint density at radius 2 is 1.87 bits per heavy atom. The van der Waals surface area contributed by atoms with Crippen molar-refractivity contribution in [2.75, 3.05) is 49.5 Å². The molecule has 0 saturated carbocycles. The SMILES string of the molecule is C[C@H]1C(=O)N(CCCC(=O)N2CCS(=O)(=O)CC2)CCN1C(=O)Nc1cccc(Cl)c1. The number of rotatable bonds is 5. The number of nitrogens with zero attached hydrogens (tertiary/aromatic N) is 3. The van der Waals surface area contributed by atoms with E-state index in [0.29, 0.717) is 36.8 Å². The number of urea groups is 1. The lowest BCUT2D eigenvalue weighted by Gasteiger charge is -2.39.